The third-order valence-corrected chi connectivity index (χ3v) is 4.33. The van der Waals surface area contributed by atoms with E-state index in [2.05, 4.69) is 18.8 Å². The first kappa shape index (κ1) is 13.8. The smallest absolute Gasteiger partial charge is 0.254 e. The van der Waals surface area contributed by atoms with Crippen LogP contribution in [0.1, 0.15) is 49.2 Å². The van der Waals surface area contributed by atoms with E-state index in [-0.39, 0.29) is 5.91 Å². The molecule has 0 atom stereocenters. The van der Waals surface area contributed by atoms with E-state index in [1.54, 1.807) is 6.07 Å². The van der Waals surface area contributed by atoms with Crippen LogP contribution in [0.4, 0.5) is 5.82 Å². The highest BCUT2D eigenvalue weighted by Crippen LogP contribution is 2.34. The Hall–Kier alpha value is -1.58. The number of pyridine rings is 1. The van der Waals surface area contributed by atoms with Gasteiger partial charge in [0.2, 0.25) is 0 Å². The van der Waals surface area contributed by atoms with Crippen molar-refractivity contribution < 1.29 is 4.79 Å². The molecule has 2 rings (SSSR count). The van der Waals surface area contributed by atoms with Gasteiger partial charge in [-0.2, -0.15) is 0 Å². The van der Waals surface area contributed by atoms with Crippen LogP contribution in [0, 0.1) is 12.3 Å². The minimum absolute atomic E-state index is 0.0790. The number of nitrogens with two attached hydrogens (primary N) is 1. The highest BCUT2D eigenvalue weighted by atomic mass is 16.2. The van der Waals surface area contributed by atoms with Gasteiger partial charge in [-0.1, -0.05) is 20.3 Å². The number of likely N-dealkylation sites (tertiary alicyclic amines) is 1. The molecule has 2 N–H and O–H groups in total. The second-order valence-corrected chi connectivity index (χ2v) is 5.88. The Morgan fingerprint density at radius 3 is 2.58 bits per heavy atom. The Kier molecular flexibility index (Phi) is 3.78. The zero-order valence-corrected chi connectivity index (χ0v) is 12.1. The molecule has 1 aromatic rings. The fourth-order valence-corrected chi connectivity index (χ4v) is 2.60. The van der Waals surface area contributed by atoms with Gasteiger partial charge in [-0.05, 0) is 37.3 Å². The highest BCUT2D eigenvalue weighted by molar-refractivity contribution is 5.95. The van der Waals surface area contributed by atoms with E-state index < -0.39 is 0 Å². The van der Waals surface area contributed by atoms with Crippen molar-refractivity contribution in [2.75, 3.05) is 18.8 Å². The number of amides is 1. The molecule has 1 aliphatic heterocycles. The maximum Gasteiger partial charge on any atom is 0.254 e. The van der Waals surface area contributed by atoms with Crippen molar-refractivity contribution in [1.82, 2.24) is 9.88 Å². The van der Waals surface area contributed by atoms with E-state index in [0.717, 1.165) is 31.6 Å². The Bertz CT molecular complexity index is 456. The lowest BCUT2D eigenvalue weighted by atomic mass is 9.78. The molecule has 1 amide bonds. The van der Waals surface area contributed by atoms with Gasteiger partial charge in [0.05, 0.1) is 0 Å². The molecule has 104 valence electrons. The fourth-order valence-electron chi connectivity index (χ4n) is 2.60. The number of hydrogen-bond donors (Lipinski definition) is 1. The summed E-state index contributed by atoms with van der Waals surface area (Å²) < 4.78 is 0. The number of piperidine rings is 1. The van der Waals surface area contributed by atoms with E-state index in [0.29, 0.717) is 16.8 Å². The molecule has 0 spiro atoms. The van der Waals surface area contributed by atoms with E-state index in [1.807, 2.05) is 17.9 Å². The summed E-state index contributed by atoms with van der Waals surface area (Å²) in [6.07, 6.45) is 3.33. The van der Waals surface area contributed by atoms with E-state index in [4.69, 9.17) is 5.73 Å². The van der Waals surface area contributed by atoms with E-state index in [9.17, 15) is 4.79 Å². The van der Waals surface area contributed by atoms with Gasteiger partial charge >= 0.3 is 0 Å². The normalized spacial score (nSPS) is 18.4. The van der Waals surface area contributed by atoms with Crippen molar-refractivity contribution in [3.63, 3.8) is 0 Å². The third-order valence-electron chi connectivity index (χ3n) is 4.33. The second kappa shape index (κ2) is 5.19. The summed E-state index contributed by atoms with van der Waals surface area (Å²) >= 11 is 0. The maximum atomic E-state index is 12.4. The topological polar surface area (TPSA) is 59.2 Å². The summed E-state index contributed by atoms with van der Waals surface area (Å²) in [4.78, 5) is 18.5. The van der Waals surface area contributed by atoms with Gasteiger partial charge in [0.1, 0.15) is 5.82 Å². The summed E-state index contributed by atoms with van der Waals surface area (Å²) in [5, 5.41) is 0. The summed E-state index contributed by atoms with van der Waals surface area (Å²) in [5.41, 5.74) is 7.55. The Balaban J connectivity index is 2.09. The number of hydrogen-bond acceptors (Lipinski definition) is 3. The van der Waals surface area contributed by atoms with Gasteiger partial charge in [0, 0.05) is 24.3 Å². The number of nitrogens with zero attached hydrogens (tertiary/aromatic N) is 2. The Morgan fingerprint density at radius 1 is 1.42 bits per heavy atom. The van der Waals surface area contributed by atoms with Crippen LogP contribution in [-0.4, -0.2) is 28.9 Å². The van der Waals surface area contributed by atoms with Crippen LogP contribution in [-0.2, 0) is 0 Å². The molecule has 1 fully saturated rings. The number of aromatic nitrogens is 1. The number of rotatable bonds is 2. The minimum Gasteiger partial charge on any atom is -0.384 e. The second-order valence-electron chi connectivity index (χ2n) is 5.88. The van der Waals surface area contributed by atoms with Gasteiger partial charge < -0.3 is 10.6 Å². The standard InChI is InChI=1S/C15H23N3O/c1-4-15(3)5-7-18(8-6-15)14(19)12-9-11(2)17-13(16)10-12/h9-10H,4-8H2,1-3H3,(H2,16,17). The number of anilines is 1. The molecule has 0 aromatic carbocycles. The van der Waals surface area contributed by atoms with Gasteiger partial charge in [-0.15, -0.1) is 0 Å². The molecule has 1 saturated heterocycles. The molecular weight excluding hydrogens is 238 g/mol. The maximum absolute atomic E-state index is 12.4. The van der Waals surface area contributed by atoms with Crippen LogP contribution in [0.5, 0.6) is 0 Å². The number of aryl methyl sites for hydroxylation is 1. The van der Waals surface area contributed by atoms with Crippen molar-refractivity contribution >= 4 is 11.7 Å². The molecule has 2 heterocycles. The fraction of sp³-hybridized carbons (Fsp3) is 0.600. The van der Waals surface area contributed by atoms with Crippen LogP contribution in [0.3, 0.4) is 0 Å². The average Bonchev–Trinajstić information content (AvgIpc) is 2.38. The highest BCUT2D eigenvalue weighted by Gasteiger charge is 2.30. The zero-order chi connectivity index (χ0) is 14.0. The van der Waals surface area contributed by atoms with E-state index >= 15 is 0 Å². The Morgan fingerprint density at radius 2 is 2.05 bits per heavy atom. The van der Waals surface area contributed by atoms with E-state index in [1.165, 1.54) is 6.42 Å². The van der Waals surface area contributed by atoms with Gasteiger partial charge in [0.15, 0.2) is 0 Å². The van der Waals surface area contributed by atoms with Crippen LogP contribution in [0.25, 0.3) is 0 Å². The summed E-state index contributed by atoms with van der Waals surface area (Å²) in [6, 6.07) is 3.48. The van der Waals surface area contributed by atoms with Gasteiger partial charge in [-0.3, -0.25) is 4.79 Å². The molecule has 0 bridgehead atoms. The quantitative estimate of drug-likeness (QED) is 0.890. The summed E-state index contributed by atoms with van der Waals surface area (Å²) in [5.74, 6) is 0.495. The zero-order valence-electron chi connectivity index (χ0n) is 12.1. The molecule has 0 saturated carbocycles. The molecule has 19 heavy (non-hydrogen) atoms. The first-order valence-corrected chi connectivity index (χ1v) is 6.97. The molecule has 0 aliphatic carbocycles. The molecule has 0 unspecified atom stereocenters. The summed E-state index contributed by atoms with van der Waals surface area (Å²) in [7, 11) is 0. The Labute approximate surface area is 115 Å². The predicted octanol–water partition coefficient (Wildman–Crippen LogP) is 2.62. The van der Waals surface area contributed by atoms with Crippen LogP contribution < -0.4 is 5.73 Å². The first-order chi connectivity index (χ1) is 8.93. The largest absolute Gasteiger partial charge is 0.384 e. The lowest BCUT2D eigenvalue weighted by molar-refractivity contribution is 0.0600. The predicted molar refractivity (Wildman–Crippen MR) is 76.9 cm³/mol. The van der Waals surface area contributed by atoms with Crippen molar-refractivity contribution in [3.8, 4) is 0 Å². The third kappa shape index (κ3) is 3.06. The van der Waals surface area contributed by atoms with Crippen LogP contribution >= 0.6 is 0 Å². The van der Waals surface area contributed by atoms with Crippen molar-refractivity contribution in [2.45, 2.75) is 40.0 Å². The molecule has 1 aliphatic rings. The molecule has 4 nitrogen and oxygen atoms in total. The van der Waals surface area contributed by atoms with Gasteiger partial charge in [-0.25, -0.2) is 4.98 Å². The first-order valence-electron chi connectivity index (χ1n) is 6.97. The SMILES string of the molecule is CCC1(C)CCN(C(=O)c2cc(C)nc(N)c2)CC1. The molecule has 4 heteroatoms. The van der Waals surface area contributed by atoms with Crippen molar-refractivity contribution in [2.24, 2.45) is 5.41 Å². The lowest BCUT2D eigenvalue weighted by Crippen LogP contribution is -2.42. The van der Waals surface area contributed by atoms with Crippen molar-refractivity contribution in [3.05, 3.63) is 23.4 Å². The number of nitrogen functional groups attached to an aromatic ring is 1. The van der Waals surface area contributed by atoms with Gasteiger partial charge in [0.25, 0.3) is 5.91 Å². The monoisotopic (exact) mass is 261 g/mol. The minimum atomic E-state index is 0.0790. The lowest BCUT2D eigenvalue weighted by Gasteiger charge is -2.39. The molecular formula is C15H23N3O. The van der Waals surface area contributed by atoms with Crippen LogP contribution in [0.2, 0.25) is 0 Å². The summed E-state index contributed by atoms with van der Waals surface area (Å²) in [6.45, 7) is 8.07. The number of carbonyl (C=O) groups is 1. The molecule has 1 aromatic heterocycles. The average molecular weight is 261 g/mol. The van der Waals surface area contributed by atoms with Crippen molar-refractivity contribution in [1.29, 1.82) is 0 Å². The van der Waals surface area contributed by atoms with Crippen LogP contribution in [0.15, 0.2) is 12.1 Å². The number of carbonyl (C=O) groups excluding carboxylic acids is 1. The molecule has 0 radical (unpaired) electrons.